The summed E-state index contributed by atoms with van der Waals surface area (Å²) in [5.74, 6) is -0.506. The van der Waals surface area contributed by atoms with E-state index in [1.165, 1.54) is 0 Å². The third-order valence-electron chi connectivity index (χ3n) is 3.98. The molecule has 25 heavy (non-hydrogen) atoms. The first-order chi connectivity index (χ1) is 11.6. The Morgan fingerprint density at radius 1 is 0.840 bits per heavy atom. The van der Waals surface area contributed by atoms with Gasteiger partial charge in [-0.15, -0.1) is 0 Å². The first-order valence-corrected chi connectivity index (χ1v) is 8.66. The monoisotopic (exact) mass is 350 g/mol. The number of carbonyl (C=O) groups excluding carboxylic acids is 2. The van der Waals surface area contributed by atoms with Crippen LogP contribution in [0.25, 0.3) is 0 Å². The fourth-order valence-electron chi connectivity index (χ4n) is 2.45. The number of benzene rings is 1. The van der Waals surface area contributed by atoms with Crippen LogP contribution >= 0.6 is 0 Å². The summed E-state index contributed by atoms with van der Waals surface area (Å²) in [4.78, 5) is 23.6. The number of hydrogen-bond acceptors (Lipinski definition) is 5. The molecule has 0 N–H and O–H groups in total. The van der Waals surface area contributed by atoms with Gasteiger partial charge in [-0.25, -0.2) is 0 Å². The van der Waals surface area contributed by atoms with Crippen molar-refractivity contribution in [3.63, 3.8) is 0 Å². The maximum atomic E-state index is 11.8. The molecular weight excluding hydrogens is 320 g/mol. The van der Waals surface area contributed by atoms with E-state index in [1.54, 1.807) is 7.11 Å². The van der Waals surface area contributed by atoms with Crippen LogP contribution in [0.15, 0.2) is 24.3 Å². The van der Waals surface area contributed by atoms with E-state index >= 15 is 0 Å². The second-order valence-electron chi connectivity index (χ2n) is 7.04. The Morgan fingerprint density at radius 2 is 1.24 bits per heavy atom. The molecule has 0 aliphatic rings. The molecule has 0 spiro atoms. The molecule has 5 heteroatoms. The van der Waals surface area contributed by atoms with Crippen LogP contribution in [-0.4, -0.2) is 25.7 Å². The van der Waals surface area contributed by atoms with Crippen molar-refractivity contribution in [3.8, 4) is 0 Å². The maximum absolute atomic E-state index is 11.8. The molecule has 0 radical (unpaired) electrons. The van der Waals surface area contributed by atoms with Crippen molar-refractivity contribution in [2.75, 3.05) is 13.7 Å². The Bertz CT molecular complexity index is 572. The molecule has 140 valence electrons. The minimum Gasteiger partial charge on any atom is -0.455 e. The molecule has 0 atom stereocenters. The summed E-state index contributed by atoms with van der Waals surface area (Å²) in [5, 5.41) is 0. The normalized spacial score (nSPS) is 11.9. The van der Waals surface area contributed by atoms with Gasteiger partial charge in [0.1, 0.15) is 11.2 Å². The summed E-state index contributed by atoms with van der Waals surface area (Å²) in [5.41, 5.74) is 0.316. The molecule has 0 heterocycles. The van der Waals surface area contributed by atoms with Crippen molar-refractivity contribution >= 4 is 11.9 Å². The van der Waals surface area contributed by atoms with E-state index in [1.807, 2.05) is 58.9 Å². The second kappa shape index (κ2) is 8.99. The quantitative estimate of drug-likeness (QED) is 0.628. The summed E-state index contributed by atoms with van der Waals surface area (Å²) in [6.07, 6.45) is 1.39. The Morgan fingerprint density at radius 3 is 1.60 bits per heavy atom. The van der Waals surface area contributed by atoms with Gasteiger partial charge in [0.15, 0.2) is 0 Å². The van der Waals surface area contributed by atoms with Crippen LogP contribution in [0.1, 0.15) is 65.0 Å². The molecule has 1 aromatic carbocycles. The van der Waals surface area contributed by atoms with E-state index in [0.29, 0.717) is 13.0 Å². The lowest BCUT2D eigenvalue weighted by atomic mass is 9.92. The highest BCUT2D eigenvalue weighted by molar-refractivity contribution is 5.70. The summed E-state index contributed by atoms with van der Waals surface area (Å²) < 4.78 is 16.0. The van der Waals surface area contributed by atoms with Gasteiger partial charge >= 0.3 is 11.9 Å². The van der Waals surface area contributed by atoms with Crippen LogP contribution in [0.5, 0.6) is 0 Å². The molecule has 1 rings (SSSR count). The molecular formula is C20H30O5. The molecule has 0 fully saturated rings. The standard InChI is InChI=1S/C20H30O5/c1-7-8-17(21)24-19(2,3)15-9-11-16(12-10-15)20(4,5)25-18(22)13-14-23-6/h9-12H,7-8,13-14H2,1-6H3. The van der Waals surface area contributed by atoms with Crippen molar-refractivity contribution in [1.29, 1.82) is 0 Å². The Kier molecular flexibility index (Phi) is 7.61. The van der Waals surface area contributed by atoms with Gasteiger partial charge in [0.2, 0.25) is 0 Å². The predicted molar refractivity (Wildman–Crippen MR) is 96.1 cm³/mol. The van der Waals surface area contributed by atoms with Crippen LogP contribution in [0.2, 0.25) is 0 Å². The van der Waals surface area contributed by atoms with Gasteiger partial charge in [-0.3, -0.25) is 9.59 Å². The highest BCUT2D eigenvalue weighted by Crippen LogP contribution is 2.30. The predicted octanol–water partition coefficient (Wildman–Crippen LogP) is 4.08. The van der Waals surface area contributed by atoms with Crippen molar-refractivity contribution in [2.24, 2.45) is 0 Å². The second-order valence-corrected chi connectivity index (χ2v) is 7.04. The number of rotatable bonds is 9. The summed E-state index contributed by atoms with van der Waals surface area (Å²) in [7, 11) is 1.55. The number of hydrogen-bond donors (Lipinski definition) is 0. The number of methoxy groups -OCH3 is 1. The average molecular weight is 350 g/mol. The molecule has 0 saturated carbocycles. The number of ether oxygens (including phenoxy) is 3. The molecule has 1 aromatic rings. The molecule has 0 bridgehead atoms. The topological polar surface area (TPSA) is 61.8 Å². The first kappa shape index (κ1) is 21.2. The molecule has 0 aliphatic heterocycles. The van der Waals surface area contributed by atoms with E-state index < -0.39 is 11.2 Å². The Hall–Kier alpha value is -1.88. The minimum absolute atomic E-state index is 0.205. The Labute approximate surface area is 150 Å². The first-order valence-electron chi connectivity index (χ1n) is 8.66. The van der Waals surface area contributed by atoms with Crippen molar-refractivity contribution in [3.05, 3.63) is 35.4 Å². The third kappa shape index (κ3) is 6.50. The van der Waals surface area contributed by atoms with Crippen LogP contribution in [-0.2, 0) is 35.0 Å². The van der Waals surface area contributed by atoms with Gasteiger partial charge in [0, 0.05) is 13.5 Å². The zero-order valence-corrected chi connectivity index (χ0v) is 16.2. The van der Waals surface area contributed by atoms with Crippen molar-refractivity contribution < 1.29 is 23.8 Å². The lowest BCUT2D eigenvalue weighted by Gasteiger charge is -2.28. The van der Waals surface area contributed by atoms with E-state index in [2.05, 4.69) is 0 Å². The van der Waals surface area contributed by atoms with E-state index in [0.717, 1.165) is 17.5 Å². The van der Waals surface area contributed by atoms with Crippen molar-refractivity contribution in [1.82, 2.24) is 0 Å². The molecule has 5 nitrogen and oxygen atoms in total. The SMILES string of the molecule is CCCC(=O)OC(C)(C)c1ccc(C(C)(C)OC(=O)CCOC)cc1. The summed E-state index contributed by atoms with van der Waals surface area (Å²) in [6, 6.07) is 7.60. The number of carbonyl (C=O) groups is 2. The van der Waals surface area contributed by atoms with Gasteiger partial charge in [-0.05, 0) is 45.2 Å². The van der Waals surface area contributed by atoms with Crippen LogP contribution in [0, 0.1) is 0 Å². The van der Waals surface area contributed by atoms with Crippen LogP contribution in [0.4, 0.5) is 0 Å². The summed E-state index contributed by atoms with van der Waals surface area (Å²) in [6.45, 7) is 9.71. The lowest BCUT2D eigenvalue weighted by Crippen LogP contribution is -2.27. The minimum atomic E-state index is -0.744. The average Bonchev–Trinajstić information content (AvgIpc) is 2.52. The van der Waals surface area contributed by atoms with Gasteiger partial charge in [-0.2, -0.15) is 0 Å². The van der Waals surface area contributed by atoms with E-state index in [4.69, 9.17) is 14.2 Å². The highest BCUT2D eigenvalue weighted by atomic mass is 16.6. The lowest BCUT2D eigenvalue weighted by molar-refractivity contribution is -0.159. The highest BCUT2D eigenvalue weighted by Gasteiger charge is 2.28. The third-order valence-corrected chi connectivity index (χ3v) is 3.98. The Balaban J connectivity index is 2.83. The fraction of sp³-hybridized carbons (Fsp3) is 0.600. The summed E-state index contributed by atoms with van der Waals surface area (Å²) >= 11 is 0. The van der Waals surface area contributed by atoms with Gasteiger partial charge < -0.3 is 14.2 Å². The molecule has 0 aromatic heterocycles. The van der Waals surface area contributed by atoms with E-state index in [9.17, 15) is 9.59 Å². The van der Waals surface area contributed by atoms with Gasteiger partial charge in [-0.1, -0.05) is 31.2 Å². The smallest absolute Gasteiger partial charge is 0.308 e. The number of esters is 2. The fourth-order valence-corrected chi connectivity index (χ4v) is 2.45. The van der Waals surface area contributed by atoms with Crippen LogP contribution < -0.4 is 0 Å². The largest absolute Gasteiger partial charge is 0.455 e. The maximum Gasteiger partial charge on any atom is 0.308 e. The molecule has 0 amide bonds. The molecule has 0 saturated heterocycles. The molecule has 0 unspecified atom stereocenters. The van der Waals surface area contributed by atoms with Gasteiger partial charge in [0.05, 0.1) is 13.0 Å². The van der Waals surface area contributed by atoms with Crippen molar-refractivity contribution in [2.45, 2.75) is 65.1 Å². The van der Waals surface area contributed by atoms with Crippen LogP contribution in [0.3, 0.4) is 0 Å². The molecule has 0 aliphatic carbocycles. The van der Waals surface area contributed by atoms with Gasteiger partial charge in [0.25, 0.3) is 0 Å². The zero-order valence-electron chi connectivity index (χ0n) is 16.2. The zero-order chi connectivity index (χ0) is 19.1. The van der Waals surface area contributed by atoms with E-state index in [-0.39, 0.29) is 18.4 Å².